The lowest BCUT2D eigenvalue weighted by atomic mass is 9.99. The molecular weight excluding hydrogens is 717 g/mol. The Morgan fingerprint density at radius 3 is 1.78 bits per heavy atom. The quantitative estimate of drug-likeness (QED) is 0.168. The number of anilines is 3. The van der Waals surface area contributed by atoms with Gasteiger partial charge >= 0.3 is 0 Å². The van der Waals surface area contributed by atoms with Crippen molar-refractivity contribution in [3.63, 3.8) is 0 Å². The van der Waals surface area contributed by atoms with Gasteiger partial charge in [0.1, 0.15) is 11.2 Å². The number of benzene rings is 10. The van der Waals surface area contributed by atoms with Crippen molar-refractivity contribution in [3.8, 4) is 27.9 Å². The molecule has 0 spiro atoms. The number of aromatic nitrogens is 1. The van der Waals surface area contributed by atoms with Crippen LogP contribution in [0.25, 0.3) is 93.2 Å². The molecule has 12 rings (SSSR count). The topological polar surface area (TPSA) is 21.3 Å². The lowest BCUT2D eigenvalue weighted by Gasteiger charge is -2.28. The van der Waals surface area contributed by atoms with Crippen molar-refractivity contribution in [1.82, 2.24) is 4.57 Å². The minimum absolute atomic E-state index is 0.135. The van der Waals surface area contributed by atoms with Crippen LogP contribution >= 0.6 is 0 Å². The minimum atomic E-state index is -0.152. The van der Waals surface area contributed by atoms with Gasteiger partial charge in [0.05, 0.1) is 22.2 Å². The first-order valence-corrected chi connectivity index (χ1v) is 19.8. The summed E-state index contributed by atoms with van der Waals surface area (Å²) in [6, 6.07) is 64.8. The number of para-hydroxylation sites is 3. The van der Waals surface area contributed by atoms with Crippen molar-refractivity contribution in [1.29, 1.82) is 0 Å². The highest BCUT2D eigenvalue weighted by Gasteiger charge is 2.20. The Bertz CT molecular complexity index is 3730. The summed E-state index contributed by atoms with van der Waals surface area (Å²) in [5, 5.41) is 8.50. The second-order valence-electron chi connectivity index (χ2n) is 15.0. The zero-order chi connectivity index (χ0) is 42.3. The van der Waals surface area contributed by atoms with Crippen LogP contribution in [0.15, 0.2) is 223 Å². The van der Waals surface area contributed by atoms with Crippen molar-refractivity contribution < 1.29 is 9.90 Å². The molecule has 0 aliphatic heterocycles. The van der Waals surface area contributed by atoms with Crippen LogP contribution in [0, 0.1) is 0 Å². The van der Waals surface area contributed by atoms with Gasteiger partial charge in [-0.25, -0.2) is 0 Å². The summed E-state index contributed by atoms with van der Waals surface area (Å²) in [6.45, 7) is 0. The Balaban J connectivity index is 1.07. The van der Waals surface area contributed by atoms with Crippen molar-refractivity contribution >= 4 is 82.4 Å². The van der Waals surface area contributed by atoms with Gasteiger partial charge in [0.25, 0.3) is 0 Å². The van der Waals surface area contributed by atoms with Crippen molar-refractivity contribution in [2.24, 2.45) is 0 Å². The first-order valence-electron chi connectivity index (χ1n) is 21.8. The van der Waals surface area contributed by atoms with Gasteiger partial charge in [0.2, 0.25) is 0 Å². The third-order valence-corrected chi connectivity index (χ3v) is 11.7. The molecule has 276 valence electrons. The molecule has 2 heterocycles. The lowest BCUT2D eigenvalue weighted by molar-refractivity contribution is 0.673. The van der Waals surface area contributed by atoms with Crippen LogP contribution in [-0.4, -0.2) is 4.57 Å². The second kappa shape index (κ2) is 13.4. The van der Waals surface area contributed by atoms with E-state index in [0.29, 0.717) is 11.4 Å². The second-order valence-corrected chi connectivity index (χ2v) is 15.0. The van der Waals surface area contributed by atoms with Crippen molar-refractivity contribution in [3.05, 3.63) is 218 Å². The summed E-state index contributed by atoms with van der Waals surface area (Å²) in [7, 11) is 0. The fraction of sp³-hybridized carbons (Fsp3) is 0. The molecule has 0 atom stereocenters. The van der Waals surface area contributed by atoms with Gasteiger partial charge in [-0.2, -0.15) is 0 Å². The van der Waals surface area contributed by atoms with Crippen LogP contribution in [0.1, 0.15) is 5.48 Å². The number of rotatable bonds is 6. The maximum Gasteiger partial charge on any atom is 0.143 e. The molecule has 0 unspecified atom stereocenters. The number of nitrogens with zero attached hydrogens (tertiary/aromatic N) is 2. The van der Waals surface area contributed by atoms with Crippen LogP contribution in [0.5, 0.6) is 0 Å². The highest BCUT2D eigenvalue weighted by Crippen LogP contribution is 2.44. The van der Waals surface area contributed by atoms with E-state index in [1.807, 2.05) is 119 Å². The predicted molar refractivity (Wildman–Crippen MR) is 249 cm³/mol. The van der Waals surface area contributed by atoms with Gasteiger partial charge in [0, 0.05) is 49.6 Å². The van der Waals surface area contributed by atoms with Gasteiger partial charge < -0.3 is 13.9 Å². The van der Waals surface area contributed by atoms with Crippen LogP contribution in [0.3, 0.4) is 0 Å². The van der Waals surface area contributed by atoms with Gasteiger partial charge in [-0.3, -0.25) is 0 Å². The first-order chi connectivity index (χ1) is 30.9. The molecule has 0 aliphatic rings. The number of furan rings is 1. The molecule has 0 amide bonds. The molecule has 0 saturated carbocycles. The Hall–Kier alpha value is -7.88. The van der Waals surface area contributed by atoms with E-state index < -0.39 is 0 Å². The lowest BCUT2D eigenvalue weighted by Crippen LogP contribution is -2.11. The average molecular weight is 757 g/mol. The minimum Gasteiger partial charge on any atom is -0.455 e. The largest absolute Gasteiger partial charge is 0.455 e. The highest BCUT2D eigenvalue weighted by molar-refractivity contribution is 6.15. The smallest absolute Gasteiger partial charge is 0.143 e. The zero-order valence-corrected chi connectivity index (χ0v) is 31.8. The first kappa shape index (κ1) is 29.4. The van der Waals surface area contributed by atoms with E-state index in [9.17, 15) is 5.48 Å². The third-order valence-electron chi connectivity index (χ3n) is 11.7. The van der Waals surface area contributed by atoms with Crippen LogP contribution < -0.4 is 4.90 Å². The number of fused-ring (bicyclic) bond motifs is 9. The van der Waals surface area contributed by atoms with Gasteiger partial charge in [-0.1, -0.05) is 140 Å². The monoisotopic (exact) mass is 756 g/mol. The molecule has 0 bridgehead atoms. The summed E-state index contributed by atoms with van der Waals surface area (Å²) in [5.41, 5.74) is 8.76. The maximum atomic E-state index is 9.82. The van der Waals surface area contributed by atoms with E-state index in [4.69, 9.17) is 4.42 Å². The third kappa shape index (κ3) is 5.44. The molecular formula is C56H36N2O. The summed E-state index contributed by atoms with van der Waals surface area (Å²) in [6.07, 6.45) is 0. The summed E-state index contributed by atoms with van der Waals surface area (Å²) < 4.78 is 47.6. The molecule has 0 fully saturated rings. The Labute approximate surface area is 346 Å². The molecule has 59 heavy (non-hydrogen) atoms. The summed E-state index contributed by atoms with van der Waals surface area (Å²) in [4.78, 5) is 1.88. The van der Waals surface area contributed by atoms with Gasteiger partial charge in [-0.15, -0.1) is 0 Å². The molecule has 0 saturated heterocycles. The van der Waals surface area contributed by atoms with Gasteiger partial charge in [-0.05, 0) is 112 Å². The Kier molecular flexibility index (Phi) is 6.65. The Morgan fingerprint density at radius 1 is 0.407 bits per heavy atom. The molecule has 0 aliphatic carbocycles. The standard InChI is InChI=1S/C56H36N2O/c1-2-13-40-35-41(22-21-37(40)11-1)38-23-27-43(28-24-38)57(44-29-31-45(32-30-44)58-53-19-9-6-16-48(53)49-17-7-10-20-54(49)58)52-18-8-5-14-46(52)42-26-33-50-51-34-25-39-12-3-4-15-47(39)56(51)59-55(50)36-42/h1-36H/i29D,30D,31D,32D. The summed E-state index contributed by atoms with van der Waals surface area (Å²) >= 11 is 0. The fourth-order valence-corrected chi connectivity index (χ4v) is 8.83. The fourth-order valence-electron chi connectivity index (χ4n) is 8.83. The SMILES string of the molecule is [2H]c1c([2H])c(-n2c3ccccc3c3ccccc32)c([2H])c([2H])c1N(c1ccc(-c2ccc3ccccc3c2)cc1)c1ccccc1-c1ccc2c(c1)oc1c3ccccc3ccc21. The van der Waals surface area contributed by atoms with Crippen LogP contribution in [0.2, 0.25) is 0 Å². The van der Waals surface area contributed by atoms with Crippen LogP contribution in [-0.2, 0) is 0 Å². The number of hydrogen-bond acceptors (Lipinski definition) is 2. The number of hydrogen-bond donors (Lipinski definition) is 0. The van der Waals surface area contributed by atoms with E-state index in [2.05, 4.69) is 84.9 Å². The molecule has 10 aromatic carbocycles. The molecule has 0 radical (unpaired) electrons. The Morgan fingerprint density at radius 2 is 1.00 bits per heavy atom. The predicted octanol–water partition coefficient (Wildman–Crippen LogP) is 15.8. The highest BCUT2D eigenvalue weighted by atomic mass is 16.3. The van der Waals surface area contributed by atoms with E-state index in [-0.39, 0.29) is 35.5 Å². The molecule has 2 aromatic heterocycles. The van der Waals surface area contributed by atoms with Crippen molar-refractivity contribution in [2.45, 2.75) is 0 Å². The molecule has 12 aromatic rings. The molecule has 3 nitrogen and oxygen atoms in total. The molecule has 3 heteroatoms. The van der Waals surface area contributed by atoms with Crippen molar-refractivity contribution in [2.75, 3.05) is 4.90 Å². The van der Waals surface area contributed by atoms with E-state index in [1.165, 1.54) is 5.39 Å². The normalized spacial score (nSPS) is 12.7. The van der Waals surface area contributed by atoms with E-state index in [1.54, 1.807) is 0 Å². The average Bonchev–Trinajstić information content (AvgIpc) is 3.88. The van der Waals surface area contributed by atoms with Crippen LogP contribution in [0.4, 0.5) is 17.1 Å². The van der Waals surface area contributed by atoms with Gasteiger partial charge in [0.15, 0.2) is 0 Å². The zero-order valence-electron chi connectivity index (χ0n) is 35.8. The summed E-state index contributed by atoms with van der Waals surface area (Å²) in [5.74, 6) is 0. The maximum absolute atomic E-state index is 9.82. The van der Waals surface area contributed by atoms with E-state index in [0.717, 1.165) is 82.2 Å². The van der Waals surface area contributed by atoms with E-state index >= 15 is 0 Å². The molecule has 0 N–H and O–H groups in total.